The maximum absolute atomic E-state index is 5.67. The summed E-state index contributed by atoms with van der Waals surface area (Å²) in [6.07, 6.45) is 2.76. The molecule has 4 heteroatoms. The summed E-state index contributed by atoms with van der Waals surface area (Å²) in [5.41, 5.74) is 0.922. The first-order valence-electron chi connectivity index (χ1n) is 7.29. The molecule has 1 N–H and O–H groups in total. The van der Waals surface area contributed by atoms with Gasteiger partial charge in [0.2, 0.25) is 5.88 Å². The minimum Gasteiger partial charge on any atom is -0.494 e. The highest BCUT2D eigenvalue weighted by Crippen LogP contribution is 2.21. The molecule has 0 unspecified atom stereocenters. The second kappa shape index (κ2) is 8.15. The van der Waals surface area contributed by atoms with E-state index < -0.39 is 0 Å². The van der Waals surface area contributed by atoms with Crippen LogP contribution in [0.25, 0.3) is 0 Å². The largest absolute Gasteiger partial charge is 0.494 e. The van der Waals surface area contributed by atoms with Gasteiger partial charge in [0.25, 0.3) is 0 Å². The van der Waals surface area contributed by atoms with Gasteiger partial charge < -0.3 is 14.8 Å². The molecule has 0 bridgehead atoms. The number of benzene rings is 1. The van der Waals surface area contributed by atoms with Crippen LogP contribution in [0.1, 0.15) is 20.3 Å². The fourth-order valence-electron chi connectivity index (χ4n) is 1.84. The average molecular weight is 286 g/mol. The highest BCUT2D eigenvalue weighted by Gasteiger charge is 2.05. The van der Waals surface area contributed by atoms with Crippen molar-refractivity contribution in [2.75, 3.05) is 18.5 Å². The van der Waals surface area contributed by atoms with Crippen LogP contribution in [-0.2, 0) is 0 Å². The van der Waals surface area contributed by atoms with Crippen LogP contribution in [-0.4, -0.2) is 24.2 Å². The Morgan fingerprint density at radius 2 is 1.90 bits per heavy atom. The minimum atomic E-state index is 0.113. The van der Waals surface area contributed by atoms with Crippen molar-refractivity contribution in [3.8, 4) is 11.6 Å². The van der Waals surface area contributed by atoms with Crippen LogP contribution in [0.5, 0.6) is 11.6 Å². The standard InChI is InChI=1S/C17H22N2O2/c1-14(2)21-17-16(10-6-11-19-17)18-12-7-13-20-15-8-4-3-5-9-15/h3-6,8-11,14,18H,7,12-13H2,1-2H3. The number of hydrogen-bond acceptors (Lipinski definition) is 4. The van der Waals surface area contributed by atoms with Gasteiger partial charge in [0.1, 0.15) is 5.75 Å². The van der Waals surface area contributed by atoms with Crippen molar-refractivity contribution in [2.24, 2.45) is 0 Å². The van der Waals surface area contributed by atoms with Gasteiger partial charge in [0.15, 0.2) is 0 Å². The Labute approximate surface area is 126 Å². The molecule has 0 aliphatic rings. The normalized spacial score (nSPS) is 10.4. The number of hydrogen-bond donors (Lipinski definition) is 1. The minimum absolute atomic E-state index is 0.113. The predicted octanol–water partition coefficient (Wildman–Crippen LogP) is 3.75. The molecule has 0 saturated heterocycles. The van der Waals surface area contributed by atoms with Crippen LogP contribution in [0, 0.1) is 0 Å². The van der Waals surface area contributed by atoms with Gasteiger partial charge in [-0.1, -0.05) is 18.2 Å². The van der Waals surface area contributed by atoms with E-state index in [0.717, 1.165) is 24.4 Å². The Morgan fingerprint density at radius 3 is 2.67 bits per heavy atom. The van der Waals surface area contributed by atoms with E-state index in [-0.39, 0.29) is 6.10 Å². The summed E-state index contributed by atoms with van der Waals surface area (Å²) in [7, 11) is 0. The lowest BCUT2D eigenvalue weighted by Crippen LogP contribution is -2.12. The van der Waals surface area contributed by atoms with Crippen LogP contribution in [0.3, 0.4) is 0 Å². The SMILES string of the molecule is CC(C)Oc1ncccc1NCCCOc1ccccc1. The number of rotatable bonds is 8. The molecule has 0 fully saturated rings. The molecule has 0 aliphatic heterocycles. The van der Waals surface area contributed by atoms with E-state index in [1.54, 1.807) is 6.20 Å². The fourth-order valence-corrected chi connectivity index (χ4v) is 1.84. The van der Waals surface area contributed by atoms with E-state index in [4.69, 9.17) is 9.47 Å². The van der Waals surface area contributed by atoms with Crippen molar-refractivity contribution in [3.63, 3.8) is 0 Å². The summed E-state index contributed by atoms with van der Waals surface area (Å²) in [5, 5.41) is 3.34. The van der Waals surface area contributed by atoms with E-state index in [9.17, 15) is 0 Å². The summed E-state index contributed by atoms with van der Waals surface area (Å²) in [6, 6.07) is 13.7. The maximum atomic E-state index is 5.67. The predicted molar refractivity (Wildman–Crippen MR) is 85.0 cm³/mol. The quantitative estimate of drug-likeness (QED) is 0.751. The Morgan fingerprint density at radius 1 is 1.10 bits per heavy atom. The third-order valence-electron chi connectivity index (χ3n) is 2.77. The van der Waals surface area contributed by atoms with Gasteiger partial charge in [-0.2, -0.15) is 0 Å². The number of anilines is 1. The molecule has 112 valence electrons. The Hall–Kier alpha value is -2.23. The summed E-state index contributed by atoms with van der Waals surface area (Å²) < 4.78 is 11.3. The summed E-state index contributed by atoms with van der Waals surface area (Å²) >= 11 is 0. The second-order valence-corrected chi connectivity index (χ2v) is 4.96. The van der Waals surface area contributed by atoms with Crippen molar-refractivity contribution < 1.29 is 9.47 Å². The van der Waals surface area contributed by atoms with Gasteiger partial charge in [0, 0.05) is 12.7 Å². The van der Waals surface area contributed by atoms with E-state index >= 15 is 0 Å². The van der Waals surface area contributed by atoms with Crippen molar-refractivity contribution >= 4 is 5.69 Å². The van der Waals surface area contributed by atoms with Crippen LogP contribution >= 0.6 is 0 Å². The fraction of sp³-hybridized carbons (Fsp3) is 0.353. The second-order valence-electron chi connectivity index (χ2n) is 4.96. The molecule has 0 atom stereocenters. The topological polar surface area (TPSA) is 43.4 Å². The van der Waals surface area contributed by atoms with Gasteiger partial charge in [-0.05, 0) is 44.5 Å². The van der Waals surface area contributed by atoms with Crippen molar-refractivity contribution in [3.05, 3.63) is 48.7 Å². The molecular formula is C17H22N2O2. The van der Waals surface area contributed by atoms with Crippen LogP contribution in [0.2, 0.25) is 0 Å². The van der Waals surface area contributed by atoms with Gasteiger partial charge in [-0.3, -0.25) is 0 Å². The van der Waals surface area contributed by atoms with Crippen molar-refractivity contribution in [1.29, 1.82) is 0 Å². The molecule has 4 nitrogen and oxygen atoms in total. The third kappa shape index (κ3) is 5.34. The summed E-state index contributed by atoms with van der Waals surface area (Å²) in [6.45, 7) is 5.48. The van der Waals surface area contributed by atoms with E-state index in [1.807, 2.05) is 56.3 Å². The molecule has 0 saturated carbocycles. The molecule has 2 rings (SSSR count). The number of aromatic nitrogens is 1. The third-order valence-corrected chi connectivity index (χ3v) is 2.77. The lowest BCUT2D eigenvalue weighted by atomic mass is 10.3. The number of pyridine rings is 1. The van der Waals surface area contributed by atoms with Gasteiger partial charge >= 0.3 is 0 Å². The highest BCUT2D eigenvalue weighted by atomic mass is 16.5. The van der Waals surface area contributed by atoms with Gasteiger partial charge in [-0.25, -0.2) is 4.98 Å². The van der Waals surface area contributed by atoms with E-state index in [1.165, 1.54) is 0 Å². The summed E-state index contributed by atoms with van der Waals surface area (Å²) in [4.78, 5) is 4.25. The first-order valence-corrected chi connectivity index (χ1v) is 7.29. The molecule has 0 spiro atoms. The molecule has 0 radical (unpaired) electrons. The number of nitrogens with one attached hydrogen (secondary N) is 1. The maximum Gasteiger partial charge on any atom is 0.237 e. The van der Waals surface area contributed by atoms with Gasteiger partial charge in [-0.15, -0.1) is 0 Å². The molecule has 1 aromatic carbocycles. The smallest absolute Gasteiger partial charge is 0.237 e. The lowest BCUT2D eigenvalue weighted by Gasteiger charge is -2.14. The summed E-state index contributed by atoms with van der Waals surface area (Å²) in [5.74, 6) is 1.55. The molecule has 1 aromatic heterocycles. The van der Waals surface area contributed by atoms with Gasteiger partial charge in [0.05, 0.1) is 18.4 Å². The van der Waals surface area contributed by atoms with E-state index in [0.29, 0.717) is 12.5 Å². The number of para-hydroxylation sites is 1. The Balaban J connectivity index is 1.73. The molecule has 21 heavy (non-hydrogen) atoms. The zero-order valence-corrected chi connectivity index (χ0v) is 12.6. The zero-order chi connectivity index (χ0) is 14.9. The Kier molecular flexibility index (Phi) is 5.88. The van der Waals surface area contributed by atoms with E-state index in [2.05, 4.69) is 10.3 Å². The first kappa shape index (κ1) is 15.2. The first-order chi connectivity index (χ1) is 10.3. The highest BCUT2D eigenvalue weighted by molar-refractivity contribution is 5.51. The molecule has 1 heterocycles. The van der Waals surface area contributed by atoms with Crippen molar-refractivity contribution in [2.45, 2.75) is 26.4 Å². The number of nitrogens with zero attached hydrogens (tertiary/aromatic N) is 1. The number of ether oxygens (including phenoxy) is 2. The van der Waals surface area contributed by atoms with Crippen LogP contribution in [0.4, 0.5) is 5.69 Å². The zero-order valence-electron chi connectivity index (χ0n) is 12.6. The molecule has 2 aromatic rings. The van der Waals surface area contributed by atoms with Crippen LogP contribution in [0.15, 0.2) is 48.7 Å². The van der Waals surface area contributed by atoms with Crippen LogP contribution < -0.4 is 14.8 Å². The lowest BCUT2D eigenvalue weighted by molar-refractivity contribution is 0.234. The molecule has 0 aliphatic carbocycles. The van der Waals surface area contributed by atoms with Crippen molar-refractivity contribution in [1.82, 2.24) is 4.98 Å². The molecular weight excluding hydrogens is 264 g/mol. The monoisotopic (exact) mass is 286 g/mol. The average Bonchev–Trinajstić information content (AvgIpc) is 2.49. The Bertz CT molecular complexity index is 529. The molecule has 0 amide bonds.